The van der Waals surface area contributed by atoms with Crippen LogP contribution in [0.15, 0.2) is 28.7 Å². The number of aliphatic hydroxyl groups is 1. The van der Waals surface area contributed by atoms with Crippen molar-refractivity contribution in [2.45, 2.75) is 19.9 Å². The second-order valence-corrected chi connectivity index (χ2v) is 4.89. The largest absolute Gasteiger partial charge is 0.419 e. The highest BCUT2D eigenvalue weighted by Gasteiger charge is 2.13. The van der Waals surface area contributed by atoms with E-state index < -0.39 is 0 Å². The van der Waals surface area contributed by atoms with E-state index in [2.05, 4.69) is 22.0 Å². The number of aromatic nitrogens is 2. The molecule has 0 saturated heterocycles. The van der Waals surface area contributed by atoms with Crippen molar-refractivity contribution in [3.63, 3.8) is 0 Å². The number of aliphatic hydroxyl groups excluding tert-OH is 1. The van der Waals surface area contributed by atoms with Crippen LogP contribution >= 0.6 is 11.6 Å². The van der Waals surface area contributed by atoms with E-state index in [9.17, 15) is 0 Å². The van der Waals surface area contributed by atoms with Gasteiger partial charge in [0.25, 0.3) is 0 Å². The normalized spacial score (nSPS) is 11.2. The Labute approximate surface area is 123 Å². The van der Waals surface area contributed by atoms with Gasteiger partial charge in [0, 0.05) is 6.54 Å². The van der Waals surface area contributed by atoms with Crippen LogP contribution < -0.4 is 0 Å². The van der Waals surface area contributed by atoms with Crippen LogP contribution in [0.4, 0.5) is 0 Å². The highest BCUT2D eigenvalue weighted by atomic mass is 35.5. The quantitative estimate of drug-likeness (QED) is 0.850. The second kappa shape index (κ2) is 7.38. The number of rotatable bonds is 7. The lowest BCUT2D eigenvalue weighted by Crippen LogP contribution is -2.27. The van der Waals surface area contributed by atoms with E-state index >= 15 is 0 Å². The fourth-order valence-electron chi connectivity index (χ4n) is 1.98. The molecule has 5 nitrogen and oxygen atoms in total. The standard InChI is InChI=1S/C14H18ClN3O2/c1-2-7-18(8-9-19)10-13-16-17-14(20-13)11-5-3-4-6-12(11)15/h3-6,19H,2,7-10H2,1H3. The molecule has 1 N–H and O–H groups in total. The predicted octanol–water partition coefficient (Wildman–Crippen LogP) is 2.59. The molecular formula is C14H18ClN3O2. The summed E-state index contributed by atoms with van der Waals surface area (Å²) in [6.07, 6.45) is 1.01. The van der Waals surface area contributed by atoms with Crippen molar-refractivity contribution < 1.29 is 9.52 Å². The smallest absolute Gasteiger partial charge is 0.249 e. The van der Waals surface area contributed by atoms with E-state index in [0.717, 1.165) is 18.5 Å². The minimum Gasteiger partial charge on any atom is -0.419 e. The monoisotopic (exact) mass is 295 g/mol. The zero-order valence-corrected chi connectivity index (χ0v) is 12.2. The van der Waals surface area contributed by atoms with E-state index in [0.29, 0.717) is 29.9 Å². The molecule has 2 aromatic rings. The molecule has 1 heterocycles. The molecule has 1 aromatic carbocycles. The zero-order valence-electron chi connectivity index (χ0n) is 11.4. The summed E-state index contributed by atoms with van der Waals surface area (Å²) in [5.41, 5.74) is 0.733. The minimum atomic E-state index is 0.117. The zero-order chi connectivity index (χ0) is 14.4. The van der Waals surface area contributed by atoms with Crippen molar-refractivity contribution in [2.24, 2.45) is 0 Å². The SMILES string of the molecule is CCCN(CCO)Cc1nnc(-c2ccccc2Cl)o1. The third-order valence-corrected chi connectivity index (χ3v) is 3.22. The van der Waals surface area contributed by atoms with E-state index in [1.165, 1.54) is 0 Å². The third-order valence-electron chi connectivity index (χ3n) is 2.89. The third kappa shape index (κ3) is 3.79. The van der Waals surface area contributed by atoms with Crippen LogP contribution in [-0.2, 0) is 6.54 Å². The van der Waals surface area contributed by atoms with Crippen LogP contribution in [0.2, 0.25) is 5.02 Å². The molecule has 0 radical (unpaired) electrons. The Morgan fingerprint density at radius 2 is 2.05 bits per heavy atom. The average Bonchev–Trinajstić information content (AvgIpc) is 2.88. The van der Waals surface area contributed by atoms with Crippen molar-refractivity contribution in [1.29, 1.82) is 0 Å². The number of hydrogen-bond donors (Lipinski definition) is 1. The van der Waals surface area contributed by atoms with Gasteiger partial charge in [0.05, 0.1) is 23.7 Å². The van der Waals surface area contributed by atoms with Crippen LogP contribution in [0.5, 0.6) is 0 Å². The van der Waals surface area contributed by atoms with Gasteiger partial charge in [-0.3, -0.25) is 4.90 Å². The van der Waals surface area contributed by atoms with Crippen LogP contribution in [0.3, 0.4) is 0 Å². The Bertz CT molecular complexity index is 539. The maximum Gasteiger partial charge on any atom is 0.249 e. The summed E-state index contributed by atoms with van der Waals surface area (Å²) in [5.74, 6) is 0.952. The van der Waals surface area contributed by atoms with E-state index in [1.807, 2.05) is 18.2 Å². The van der Waals surface area contributed by atoms with Gasteiger partial charge in [-0.25, -0.2) is 0 Å². The summed E-state index contributed by atoms with van der Waals surface area (Å²) in [7, 11) is 0. The molecule has 0 amide bonds. The molecule has 0 unspecified atom stereocenters. The molecule has 0 spiro atoms. The van der Waals surface area contributed by atoms with Gasteiger partial charge in [-0.15, -0.1) is 10.2 Å². The second-order valence-electron chi connectivity index (χ2n) is 4.48. The van der Waals surface area contributed by atoms with Crippen LogP contribution in [0.25, 0.3) is 11.5 Å². The fourth-order valence-corrected chi connectivity index (χ4v) is 2.20. The van der Waals surface area contributed by atoms with Crippen LogP contribution in [0, 0.1) is 0 Å². The molecule has 2 rings (SSSR count). The molecule has 6 heteroatoms. The van der Waals surface area contributed by atoms with Gasteiger partial charge < -0.3 is 9.52 Å². The first kappa shape index (κ1) is 15.0. The molecule has 108 valence electrons. The Morgan fingerprint density at radius 3 is 2.75 bits per heavy atom. The highest BCUT2D eigenvalue weighted by Crippen LogP contribution is 2.26. The summed E-state index contributed by atoms with van der Waals surface area (Å²) in [4.78, 5) is 2.07. The van der Waals surface area contributed by atoms with Crippen molar-refractivity contribution in [1.82, 2.24) is 15.1 Å². The van der Waals surface area contributed by atoms with Crippen LogP contribution in [0.1, 0.15) is 19.2 Å². The highest BCUT2D eigenvalue weighted by molar-refractivity contribution is 6.33. The van der Waals surface area contributed by atoms with Crippen molar-refractivity contribution in [3.8, 4) is 11.5 Å². The lowest BCUT2D eigenvalue weighted by molar-refractivity contribution is 0.179. The first-order valence-electron chi connectivity index (χ1n) is 6.65. The van der Waals surface area contributed by atoms with Gasteiger partial charge >= 0.3 is 0 Å². The Kier molecular flexibility index (Phi) is 5.52. The maximum atomic E-state index is 9.04. The Hall–Kier alpha value is -1.43. The molecule has 20 heavy (non-hydrogen) atoms. The molecule has 1 aromatic heterocycles. The summed E-state index contributed by atoms with van der Waals surface area (Å²) in [5, 5.41) is 17.7. The summed E-state index contributed by atoms with van der Waals surface area (Å²) < 4.78 is 5.64. The molecule has 0 bridgehead atoms. The van der Waals surface area contributed by atoms with Gasteiger partial charge in [0.2, 0.25) is 11.8 Å². The lowest BCUT2D eigenvalue weighted by atomic mass is 10.2. The van der Waals surface area contributed by atoms with Gasteiger partial charge in [-0.05, 0) is 25.1 Å². The van der Waals surface area contributed by atoms with E-state index in [1.54, 1.807) is 6.07 Å². The van der Waals surface area contributed by atoms with Gasteiger partial charge in [-0.2, -0.15) is 0 Å². The maximum absolute atomic E-state index is 9.04. The summed E-state index contributed by atoms with van der Waals surface area (Å²) >= 11 is 6.10. The van der Waals surface area contributed by atoms with Gasteiger partial charge in [0.1, 0.15) is 0 Å². The van der Waals surface area contributed by atoms with E-state index in [-0.39, 0.29) is 6.61 Å². The molecule has 0 fully saturated rings. The first-order chi connectivity index (χ1) is 9.74. The van der Waals surface area contributed by atoms with Crippen LogP contribution in [-0.4, -0.2) is 39.9 Å². The number of hydrogen-bond acceptors (Lipinski definition) is 5. The number of nitrogens with zero attached hydrogens (tertiary/aromatic N) is 3. The molecule has 0 aliphatic rings. The van der Waals surface area contributed by atoms with E-state index in [4.69, 9.17) is 21.1 Å². The molecule has 0 aliphatic heterocycles. The lowest BCUT2D eigenvalue weighted by Gasteiger charge is -2.17. The Balaban J connectivity index is 2.10. The van der Waals surface area contributed by atoms with Crippen molar-refractivity contribution in [2.75, 3.05) is 19.7 Å². The number of halogens is 1. The minimum absolute atomic E-state index is 0.117. The summed E-state index contributed by atoms with van der Waals surface area (Å²) in [6.45, 7) is 4.22. The molecule has 0 atom stereocenters. The fraction of sp³-hybridized carbons (Fsp3) is 0.429. The average molecular weight is 296 g/mol. The van der Waals surface area contributed by atoms with Gasteiger partial charge in [-0.1, -0.05) is 30.7 Å². The molecule has 0 saturated carbocycles. The first-order valence-corrected chi connectivity index (χ1v) is 7.03. The molecular weight excluding hydrogens is 278 g/mol. The van der Waals surface area contributed by atoms with Gasteiger partial charge in [0.15, 0.2) is 0 Å². The topological polar surface area (TPSA) is 62.4 Å². The molecule has 0 aliphatic carbocycles. The van der Waals surface area contributed by atoms with Crippen molar-refractivity contribution in [3.05, 3.63) is 35.2 Å². The number of benzene rings is 1. The summed E-state index contributed by atoms with van der Waals surface area (Å²) in [6, 6.07) is 7.36. The van der Waals surface area contributed by atoms with Crippen molar-refractivity contribution >= 4 is 11.6 Å². The predicted molar refractivity (Wildman–Crippen MR) is 77.4 cm³/mol. The Morgan fingerprint density at radius 1 is 1.25 bits per heavy atom.